The van der Waals surface area contributed by atoms with Gasteiger partial charge in [0.2, 0.25) is 10.0 Å². The maximum Gasteiger partial charge on any atom is 0.303 e. The lowest BCUT2D eigenvalue weighted by molar-refractivity contribution is -0.137. The molecule has 96 valence electrons. The molecule has 0 fully saturated rings. The van der Waals surface area contributed by atoms with E-state index in [1.807, 2.05) is 0 Å². The largest absolute Gasteiger partial charge is 0.481 e. The van der Waals surface area contributed by atoms with Crippen LogP contribution in [-0.2, 0) is 21.9 Å². The lowest BCUT2D eigenvalue weighted by atomic mass is 10.3. The fourth-order valence-corrected chi connectivity index (χ4v) is 2.66. The number of aryl methyl sites for hydroxylation is 2. The van der Waals surface area contributed by atoms with E-state index in [9.17, 15) is 13.2 Å². The van der Waals surface area contributed by atoms with Crippen molar-refractivity contribution in [2.24, 2.45) is 7.05 Å². The van der Waals surface area contributed by atoms with Crippen molar-refractivity contribution in [3.05, 3.63) is 11.9 Å². The van der Waals surface area contributed by atoms with Gasteiger partial charge in [0.05, 0.1) is 5.69 Å². The van der Waals surface area contributed by atoms with Crippen LogP contribution in [0.25, 0.3) is 0 Å². The molecule has 1 rings (SSSR count). The van der Waals surface area contributed by atoms with Crippen LogP contribution < -0.4 is 4.72 Å². The molecule has 1 aromatic heterocycles. The summed E-state index contributed by atoms with van der Waals surface area (Å²) in [6.07, 6.45) is 1.61. The van der Waals surface area contributed by atoms with Crippen LogP contribution in [-0.4, -0.2) is 35.8 Å². The predicted octanol–water partition coefficient (Wildman–Crippen LogP) is -0.128. The smallest absolute Gasteiger partial charge is 0.303 e. The summed E-state index contributed by atoms with van der Waals surface area (Å²) in [5, 5.41) is 12.4. The average molecular weight is 261 g/mol. The highest BCUT2D eigenvalue weighted by Crippen LogP contribution is 2.12. The number of nitrogens with one attached hydrogen (secondary N) is 1. The van der Waals surface area contributed by atoms with Gasteiger partial charge in [0.1, 0.15) is 4.90 Å². The molecule has 0 amide bonds. The molecule has 17 heavy (non-hydrogen) atoms. The van der Waals surface area contributed by atoms with Crippen molar-refractivity contribution in [1.29, 1.82) is 0 Å². The Hall–Kier alpha value is -1.41. The van der Waals surface area contributed by atoms with Gasteiger partial charge in [0.15, 0.2) is 0 Å². The first kappa shape index (κ1) is 13.7. The molecule has 0 aromatic carbocycles. The summed E-state index contributed by atoms with van der Waals surface area (Å²) in [6, 6.07) is 0. The number of nitrogens with zero attached hydrogens (tertiary/aromatic N) is 2. The lowest BCUT2D eigenvalue weighted by Crippen LogP contribution is -2.25. The molecule has 0 aliphatic carbocycles. The van der Waals surface area contributed by atoms with Crippen molar-refractivity contribution in [2.45, 2.75) is 24.7 Å². The van der Waals surface area contributed by atoms with Gasteiger partial charge in [-0.1, -0.05) is 0 Å². The van der Waals surface area contributed by atoms with Crippen LogP contribution in [0.15, 0.2) is 11.1 Å². The normalized spacial score (nSPS) is 11.6. The van der Waals surface area contributed by atoms with Crippen LogP contribution in [0.1, 0.15) is 18.5 Å². The first-order valence-electron chi connectivity index (χ1n) is 5.04. The van der Waals surface area contributed by atoms with Crippen LogP contribution in [0.2, 0.25) is 0 Å². The molecule has 0 bridgehead atoms. The van der Waals surface area contributed by atoms with Gasteiger partial charge in [-0.3, -0.25) is 9.48 Å². The number of rotatable bonds is 6. The number of hydrogen-bond acceptors (Lipinski definition) is 4. The van der Waals surface area contributed by atoms with E-state index in [1.54, 1.807) is 14.0 Å². The van der Waals surface area contributed by atoms with E-state index in [2.05, 4.69) is 9.82 Å². The van der Waals surface area contributed by atoms with Gasteiger partial charge < -0.3 is 5.11 Å². The van der Waals surface area contributed by atoms with E-state index in [4.69, 9.17) is 5.11 Å². The van der Waals surface area contributed by atoms with E-state index in [0.717, 1.165) is 0 Å². The van der Waals surface area contributed by atoms with Crippen LogP contribution in [0, 0.1) is 6.92 Å². The summed E-state index contributed by atoms with van der Waals surface area (Å²) in [4.78, 5) is 10.4. The van der Waals surface area contributed by atoms with Gasteiger partial charge in [-0.2, -0.15) is 5.10 Å². The molecule has 0 radical (unpaired) electrons. The number of aromatic nitrogens is 2. The SMILES string of the molecule is Cc1nn(C)cc1S(=O)(=O)NCCCC(=O)O. The third-order valence-electron chi connectivity index (χ3n) is 2.12. The van der Waals surface area contributed by atoms with Gasteiger partial charge in [0, 0.05) is 26.2 Å². The predicted molar refractivity (Wildman–Crippen MR) is 60.0 cm³/mol. The summed E-state index contributed by atoms with van der Waals surface area (Å²) in [5.41, 5.74) is 0.415. The topological polar surface area (TPSA) is 101 Å². The van der Waals surface area contributed by atoms with Gasteiger partial charge in [-0.15, -0.1) is 0 Å². The highest BCUT2D eigenvalue weighted by Gasteiger charge is 2.18. The zero-order valence-corrected chi connectivity index (χ0v) is 10.5. The molecule has 0 spiro atoms. The summed E-state index contributed by atoms with van der Waals surface area (Å²) < 4.78 is 27.4. The van der Waals surface area contributed by atoms with E-state index in [-0.39, 0.29) is 24.3 Å². The molecule has 1 heterocycles. The Kier molecular flexibility index (Phi) is 4.24. The van der Waals surface area contributed by atoms with E-state index >= 15 is 0 Å². The highest BCUT2D eigenvalue weighted by atomic mass is 32.2. The minimum atomic E-state index is -3.59. The van der Waals surface area contributed by atoms with Gasteiger partial charge in [-0.05, 0) is 13.3 Å². The summed E-state index contributed by atoms with van der Waals surface area (Å²) in [6.45, 7) is 1.70. The minimum Gasteiger partial charge on any atom is -0.481 e. The molecule has 8 heteroatoms. The zero-order chi connectivity index (χ0) is 13.1. The first-order chi connectivity index (χ1) is 7.83. The standard InChI is InChI=1S/C9H15N3O4S/c1-7-8(6-12(2)11-7)17(15,16)10-5-3-4-9(13)14/h6,10H,3-5H2,1-2H3,(H,13,14). The van der Waals surface area contributed by atoms with E-state index in [1.165, 1.54) is 10.9 Å². The molecule has 0 unspecified atom stereocenters. The van der Waals surface area contributed by atoms with Crippen molar-refractivity contribution in [2.75, 3.05) is 6.54 Å². The fraction of sp³-hybridized carbons (Fsp3) is 0.556. The molecule has 0 atom stereocenters. The van der Waals surface area contributed by atoms with Crippen LogP contribution in [0.4, 0.5) is 0 Å². The third-order valence-corrected chi connectivity index (χ3v) is 3.68. The number of sulfonamides is 1. The van der Waals surface area contributed by atoms with Crippen LogP contribution in [0.3, 0.4) is 0 Å². The maximum absolute atomic E-state index is 11.8. The number of hydrogen-bond donors (Lipinski definition) is 2. The van der Waals surface area contributed by atoms with Crippen molar-refractivity contribution in [3.8, 4) is 0 Å². The molecule has 0 saturated carbocycles. The maximum atomic E-state index is 11.8. The number of carboxylic acids is 1. The monoisotopic (exact) mass is 261 g/mol. The summed E-state index contributed by atoms with van der Waals surface area (Å²) in [7, 11) is -1.96. The summed E-state index contributed by atoms with van der Waals surface area (Å²) in [5.74, 6) is -0.943. The molecular formula is C9H15N3O4S. The Morgan fingerprint density at radius 2 is 2.24 bits per heavy atom. The number of aliphatic carboxylic acids is 1. The Bertz CT molecular complexity index is 506. The van der Waals surface area contributed by atoms with Gasteiger partial charge >= 0.3 is 5.97 Å². The minimum absolute atomic E-state index is 0.0610. The average Bonchev–Trinajstić information content (AvgIpc) is 2.53. The molecule has 0 aliphatic heterocycles. The Balaban J connectivity index is 2.63. The van der Waals surface area contributed by atoms with E-state index in [0.29, 0.717) is 5.69 Å². The lowest BCUT2D eigenvalue weighted by Gasteiger charge is -2.04. The second kappa shape index (κ2) is 5.28. The van der Waals surface area contributed by atoms with Crippen LogP contribution >= 0.6 is 0 Å². The molecule has 0 saturated heterocycles. The van der Waals surface area contributed by atoms with E-state index < -0.39 is 16.0 Å². The molecule has 1 aromatic rings. The Morgan fingerprint density at radius 1 is 1.59 bits per heavy atom. The van der Waals surface area contributed by atoms with Crippen molar-refractivity contribution in [3.63, 3.8) is 0 Å². The quantitative estimate of drug-likeness (QED) is 0.695. The highest BCUT2D eigenvalue weighted by molar-refractivity contribution is 7.89. The van der Waals surface area contributed by atoms with Crippen molar-refractivity contribution < 1.29 is 18.3 Å². The Morgan fingerprint density at radius 3 is 2.71 bits per heavy atom. The second-order valence-electron chi connectivity index (χ2n) is 3.65. The molecule has 2 N–H and O–H groups in total. The fourth-order valence-electron chi connectivity index (χ4n) is 1.37. The molecule has 7 nitrogen and oxygen atoms in total. The van der Waals surface area contributed by atoms with Gasteiger partial charge in [0.25, 0.3) is 0 Å². The van der Waals surface area contributed by atoms with Crippen molar-refractivity contribution in [1.82, 2.24) is 14.5 Å². The zero-order valence-electron chi connectivity index (χ0n) is 9.67. The van der Waals surface area contributed by atoms with Gasteiger partial charge in [-0.25, -0.2) is 13.1 Å². The molecular weight excluding hydrogens is 246 g/mol. The second-order valence-corrected chi connectivity index (χ2v) is 5.38. The Labute approximate surface area is 99.5 Å². The number of carboxylic acid groups (broad SMARTS) is 1. The third kappa shape index (κ3) is 3.82. The van der Waals surface area contributed by atoms with Crippen LogP contribution in [0.5, 0.6) is 0 Å². The number of carbonyl (C=O) groups is 1. The first-order valence-corrected chi connectivity index (χ1v) is 6.53. The summed E-state index contributed by atoms with van der Waals surface area (Å²) >= 11 is 0. The van der Waals surface area contributed by atoms with Crippen molar-refractivity contribution >= 4 is 16.0 Å². The molecule has 0 aliphatic rings.